The number of rotatable bonds is 3. The Hall–Kier alpha value is -1.79. The van der Waals surface area contributed by atoms with Crippen molar-refractivity contribution in [3.8, 4) is 0 Å². The number of piperidine rings is 1. The number of likely N-dealkylation sites (N-methyl/N-ethyl adjacent to an activating group) is 1. The van der Waals surface area contributed by atoms with E-state index in [1.807, 2.05) is 17.0 Å². The first-order chi connectivity index (χ1) is 13.2. The van der Waals surface area contributed by atoms with Crippen LogP contribution in [0.2, 0.25) is 0 Å². The second-order valence-corrected chi connectivity index (χ2v) is 8.22. The molecule has 2 amide bonds. The number of urea groups is 1. The Morgan fingerprint density at radius 3 is 2.48 bits per heavy atom. The molecule has 3 heterocycles. The minimum atomic E-state index is 0.0560. The molecular weight excluding hydrogens is 338 g/mol. The maximum Gasteiger partial charge on any atom is 0.321 e. The Kier molecular flexibility index (Phi) is 5.83. The molecular formula is C21H33N5O. The number of benzene rings is 1. The zero-order valence-electron chi connectivity index (χ0n) is 16.6. The molecule has 6 nitrogen and oxygen atoms in total. The van der Waals surface area contributed by atoms with Gasteiger partial charge >= 0.3 is 6.03 Å². The summed E-state index contributed by atoms with van der Waals surface area (Å²) in [5.41, 5.74) is 2.09. The first kappa shape index (κ1) is 18.6. The van der Waals surface area contributed by atoms with Crippen molar-refractivity contribution in [3.05, 3.63) is 24.3 Å². The third-order valence-electron chi connectivity index (χ3n) is 6.33. The third kappa shape index (κ3) is 4.38. The van der Waals surface area contributed by atoms with Crippen LogP contribution < -0.4 is 10.2 Å². The fourth-order valence-electron chi connectivity index (χ4n) is 4.64. The molecule has 0 bridgehead atoms. The molecule has 6 heteroatoms. The van der Waals surface area contributed by atoms with Crippen LogP contribution in [-0.4, -0.2) is 86.2 Å². The fraction of sp³-hybridized carbons (Fsp3) is 0.667. The molecule has 1 atom stereocenters. The quantitative estimate of drug-likeness (QED) is 0.887. The molecule has 0 aliphatic carbocycles. The summed E-state index contributed by atoms with van der Waals surface area (Å²) >= 11 is 0. The highest BCUT2D eigenvalue weighted by Crippen LogP contribution is 2.27. The monoisotopic (exact) mass is 371 g/mol. The number of piperazine rings is 1. The summed E-state index contributed by atoms with van der Waals surface area (Å²) in [5.74, 6) is 0. The molecule has 0 radical (unpaired) electrons. The Morgan fingerprint density at radius 1 is 0.963 bits per heavy atom. The predicted octanol–water partition coefficient (Wildman–Crippen LogP) is 2.53. The van der Waals surface area contributed by atoms with E-state index in [9.17, 15) is 4.79 Å². The highest BCUT2D eigenvalue weighted by molar-refractivity contribution is 5.93. The van der Waals surface area contributed by atoms with Crippen molar-refractivity contribution >= 4 is 17.4 Å². The lowest BCUT2D eigenvalue weighted by molar-refractivity contribution is 0.132. The largest absolute Gasteiger partial charge is 0.367 e. The molecule has 3 aliphatic rings. The number of nitrogens with zero attached hydrogens (tertiary/aromatic N) is 4. The van der Waals surface area contributed by atoms with Crippen LogP contribution in [0.4, 0.5) is 16.2 Å². The minimum Gasteiger partial charge on any atom is -0.367 e. The number of hydrogen-bond acceptors (Lipinski definition) is 4. The summed E-state index contributed by atoms with van der Waals surface area (Å²) < 4.78 is 0. The first-order valence-electron chi connectivity index (χ1n) is 10.5. The summed E-state index contributed by atoms with van der Waals surface area (Å²) in [6.45, 7) is 8.26. The van der Waals surface area contributed by atoms with Gasteiger partial charge in [0.1, 0.15) is 0 Å². The molecule has 3 saturated heterocycles. The van der Waals surface area contributed by atoms with Gasteiger partial charge in [0, 0.05) is 45.3 Å². The van der Waals surface area contributed by atoms with E-state index >= 15 is 0 Å². The van der Waals surface area contributed by atoms with Gasteiger partial charge in [-0.1, -0.05) is 12.1 Å². The number of likely N-dealkylation sites (tertiary alicyclic amines) is 2. The van der Waals surface area contributed by atoms with Gasteiger partial charge in [-0.2, -0.15) is 0 Å². The lowest BCUT2D eigenvalue weighted by Gasteiger charge is -2.38. The van der Waals surface area contributed by atoms with Crippen molar-refractivity contribution in [2.45, 2.75) is 31.7 Å². The lowest BCUT2D eigenvalue weighted by Crippen LogP contribution is -2.50. The molecule has 3 fully saturated rings. The van der Waals surface area contributed by atoms with Crippen LogP contribution in [0.1, 0.15) is 25.7 Å². The smallest absolute Gasteiger partial charge is 0.321 e. The highest BCUT2D eigenvalue weighted by atomic mass is 16.2. The number of anilines is 2. The summed E-state index contributed by atoms with van der Waals surface area (Å²) in [4.78, 5) is 22.3. The van der Waals surface area contributed by atoms with E-state index in [-0.39, 0.29) is 6.03 Å². The molecule has 3 aliphatic heterocycles. The van der Waals surface area contributed by atoms with E-state index in [4.69, 9.17) is 0 Å². The summed E-state index contributed by atoms with van der Waals surface area (Å²) in [7, 11) is 2.16. The number of para-hydroxylation sites is 2. The summed E-state index contributed by atoms with van der Waals surface area (Å²) in [6.07, 6.45) is 4.94. The van der Waals surface area contributed by atoms with E-state index in [2.05, 4.69) is 39.2 Å². The van der Waals surface area contributed by atoms with Gasteiger partial charge in [0.05, 0.1) is 11.4 Å². The minimum absolute atomic E-state index is 0.0560. The molecule has 0 spiro atoms. The van der Waals surface area contributed by atoms with Crippen molar-refractivity contribution in [2.75, 3.05) is 69.6 Å². The fourth-order valence-corrected chi connectivity index (χ4v) is 4.64. The predicted molar refractivity (Wildman–Crippen MR) is 111 cm³/mol. The molecule has 4 rings (SSSR count). The van der Waals surface area contributed by atoms with Crippen LogP contribution in [-0.2, 0) is 0 Å². The van der Waals surface area contributed by atoms with Gasteiger partial charge in [-0.3, -0.25) is 4.90 Å². The lowest BCUT2D eigenvalue weighted by atomic mass is 10.0. The Morgan fingerprint density at radius 2 is 1.70 bits per heavy atom. The Bertz CT molecular complexity index is 637. The molecule has 0 unspecified atom stereocenters. The van der Waals surface area contributed by atoms with Crippen molar-refractivity contribution in [2.24, 2.45) is 0 Å². The Balaban J connectivity index is 1.40. The topological polar surface area (TPSA) is 42.1 Å². The van der Waals surface area contributed by atoms with Crippen LogP contribution in [0, 0.1) is 0 Å². The van der Waals surface area contributed by atoms with Gasteiger partial charge < -0.3 is 20.0 Å². The summed E-state index contributed by atoms with van der Waals surface area (Å²) in [6, 6.07) is 8.84. The Labute approximate surface area is 163 Å². The average molecular weight is 372 g/mol. The number of hydrogen-bond donors (Lipinski definition) is 1. The van der Waals surface area contributed by atoms with Gasteiger partial charge in [0.2, 0.25) is 0 Å². The van der Waals surface area contributed by atoms with Gasteiger partial charge in [0.15, 0.2) is 0 Å². The van der Waals surface area contributed by atoms with Gasteiger partial charge in [-0.25, -0.2) is 4.79 Å². The van der Waals surface area contributed by atoms with Crippen molar-refractivity contribution < 1.29 is 4.79 Å². The van der Waals surface area contributed by atoms with Gasteiger partial charge in [0.25, 0.3) is 0 Å². The van der Waals surface area contributed by atoms with E-state index in [0.29, 0.717) is 6.04 Å². The van der Waals surface area contributed by atoms with Crippen LogP contribution in [0.5, 0.6) is 0 Å². The molecule has 1 N–H and O–H groups in total. The zero-order valence-corrected chi connectivity index (χ0v) is 16.6. The normalized spacial score (nSPS) is 25.0. The standard InChI is InChI=1S/C21H33N5O/c1-23-13-15-25(16-14-23)20-9-3-2-8-19(20)22-21(27)26-12-6-7-18(17-26)24-10-4-5-11-24/h2-3,8-9,18H,4-7,10-17H2,1H3,(H,22,27)/t18-/m0/s1. The van der Waals surface area contributed by atoms with E-state index in [1.54, 1.807) is 0 Å². The SMILES string of the molecule is CN1CCN(c2ccccc2NC(=O)N2CCC[C@H](N3CCCC3)C2)CC1. The summed E-state index contributed by atoms with van der Waals surface area (Å²) in [5, 5.41) is 3.21. The average Bonchev–Trinajstić information content (AvgIpc) is 3.24. The molecule has 1 aromatic carbocycles. The maximum absolute atomic E-state index is 13.0. The van der Waals surface area contributed by atoms with E-state index < -0.39 is 0 Å². The second kappa shape index (κ2) is 8.48. The van der Waals surface area contributed by atoms with Crippen molar-refractivity contribution in [1.29, 1.82) is 0 Å². The molecule has 0 aromatic heterocycles. The molecule has 0 saturated carbocycles. The van der Waals surface area contributed by atoms with Crippen LogP contribution in [0.3, 0.4) is 0 Å². The number of amides is 2. The van der Waals surface area contributed by atoms with Gasteiger partial charge in [-0.05, 0) is 58.0 Å². The van der Waals surface area contributed by atoms with Gasteiger partial charge in [-0.15, -0.1) is 0 Å². The zero-order chi connectivity index (χ0) is 18.6. The number of nitrogens with one attached hydrogen (secondary N) is 1. The van der Waals surface area contributed by atoms with Crippen LogP contribution in [0.25, 0.3) is 0 Å². The number of carbonyl (C=O) groups excluding carboxylic acids is 1. The van der Waals surface area contributed by atoms with Crippen molar-refractivity contribution in [1.82, 2.24) is 14.7 Å². The van der Waals surface area contributed by atoms with E-state index in [0.717, 1.165) is 57.1 Å². The first-order valence-corrected chi connectivity index (χ1v) is 10.5. The molecule has 1 aromatic rings. The number of carbonyl (C=O) groups is 1. The van der Waals surface area contributed by atoms with Crippen LogP contribution in [0.15, 0.2) is 24.3 Å². The second-order valence-electron chi connectivity index (χ2n) is 8.22. The van der Waals surface area contributed by atoms with E-state index in [1.165, 1.54) is 32.4 Å². The maximum atomic E-state index is 13.0. The van der Waals surface area contributed by atoms with Crippen molar-refractivity contribution in [3.63, 3.8) is 0 Å². The highest BCUT2D eigenvalue weighted by Gasteiger charge is 2.29. The van der Waals surface area contributed by atoms with Crippen LogP contribution >= 0.6 is 0 Å². The molecule has 148 valence electrons. The molecule has 27 heavy (non-hydrogen) atoms. The third-order valence-corrected chi connectivity index (χ3v) is 6.33.